The summed E-state index contributed by atoms with van der Waals surface area (Å²) in [4.78, 5) is 4.67. The normalized spacial score (nSPS) is 15.1. The van der Waals surface area contributed by atoms with Crippen molar-refractivity contribution in [3.8, 4) is 28.4 Å². The minimum absolute atomic E-state index is 0.218. The number of nitrogens with two attached hydrogens (primary N) is 1. The SMILES string of the molecule is Cc1ccc2c(c1)[C@@H](C)Oc1cc(nnc1N)-c1cc(N=S(C)(C)=O)ccc1Cn1ccnc1-2. The average Bonchev–Trinajstić information content (AvgIpc) is 3.22. The van der Waals surface area contributed by atoms with E-state index in [1.807, 2.05) is 37.4 Å². The van der Waals surface area contributed by atoms with Crippen LogP contribution in [0.4, 0.5) is 11.5 Å². The minimum atomic E-state index is -2.33. The first kappa shape index (κ1) is 22.1. The van der Waals surface area contributed by atoms with Crippen molar-refractivity contribution in [2.75, 3.05) is 18.2 Å². The number of aromatic nitrogens is 4. The van der Waals surface area contributed by atoms with Crippen LogP contribution >= 0.6 is 0 Å². The Morgan fingerprint density at radius 2 is 1.94 bits per heavy atom. The van der Waals surface area contributed by atoms with Crippen LogP contribution in [0, 0.1) is 6.92 Å². The first-order chi connectivity index (χ1) is 16.2. The summed E-state index contributed by atoms with van der Waals surface area (Å²) in [5.74, 6) is 1.52. The molecule has 2 aromatic carbocycles. The molecular formula is C25H26N6O2S. The van der Waals surface area contributed by atoms with Crippen LogP contribution in [-0.4, -0.2) is 36.5 Å². The number of nitrogen functional groups attached to an aromatic ring is 1. The molecule has 9 heteroatoms. The molecule has 2 aromatic heterocycles. The number of hydrogen-bond acceptors (Lipinski definition) is 7. The zero-order valence-corrected chi connectivity index (χ0v) is 20.3. The molecular weight excluding hydrogens is 448 g/mol. The quantitative estimate of drug-likeness (QED) is 0.426. The van der Waals surface area contributed by atoms with E-state index in [1.165, 1.54) is 0 Å². The fourth-order valence-corrected chi connectivity index (χ4v) is 4.82. The fraction of sp³-hybridized carbons (Fsp3) is 0.240. The molecule has 0 spiro atoms. The number of fused-ring (bicyclic) bond motifs is 7. The predicted octanol–water partition coefficient (Wildman–Crippen LogP) is 4.76. The Kier molecular flexibility index (Phi) is 5.36. The third-order valence-electron chi connectivity index (χ3n) is 5.73. The number of ether oxygens (including phenoxy) is 1. The van der Waals surface area contributed by atoms with E-state index >= 15 is 0 Å². The van der Waals surface area contributed by atoms with Gasteiger partial charge in [0.15, 0.2) is 11.6 Å². The van der Waals surface area contributed by atoms with Crippen LogP contribution in [0.1, 0.15) is 29.7 Å². The number of nitrogens with zero attached hydrogens (tertiary/aromatic N) is 5. The number of aryl methyl sites for hydroxylation is 1. The highest BCUT2D eigenvalue weighted by Gasteiger charge is 2.22. The molecule has 34 heavy (non-hydrogen) atoms. The topological polar surface area (TPSA) is 108 Å². The molecule has 2 N–H and O–H groups in total. The monoisotopic (exact) mass is 474 g/mol. The van der Waals surface area contributed by atoms with Gasteiger partial charge in [-0.3, -0.25) is 0 Å². The minimum Gasteiger partial charge on any atom is -0.482 e. The molecule has 0 saturated carbocycles. The zero-order valence-electron chi connectivity index (χ0n) is 19.5. The van der Waals surface area contributed by atoms with Crippen molar-refractivity contribution in [2.45, 2.75) is 26.5 Å². The van der Waals surface area contributed by atoms with Crippen LogP contribution in [0.2, 0.25) is 0 Å². The number of rotatable bonds is 1. The molecule has 1 aliphatic heterocycles. The van der Waals surface area contributed by atoms with Gasteiger partial charge >= 0.3 is 0 Å². The summed E-state index contributed by atoms with van der Waals surface area (Å²) in [6.45, 7) is 4.60. The van der Waals surface area contributed by atoms with E-state index in [0.717, 1.165) is 33.6 Å². The van der Waals surface area contributed by atoms with E-state index in [-0.39, 0.29) is 11.9 Å². The van der Waals surface area contributed by atoms with Crippen molar-refractivity contribution < 1.29 is 8.95 Å². The highest BCUT2D eigenvalue weighted by molar-refractivity contribution is 7.92. The number of benzene rings is 2. The van der Waals surface area contributed by atoms with Gasteiger partial charge in [0.2, 0.25) is 0 Å². The van der Waals surface area contributed by atoms with Gasteiger partial charge in [-0.15, -0.1) is 10.2 Å². The Bertz CT molecular complexity index is 1530. The highest BCUT2D eigenvalue weighted by atomic mass is 32.2. The Balaban J connectivity index is 1.78. The predicted molar refractivity (Wildman–Crippen MR) is 135 cm³/mol. The summed E-state index contributed by atoms with van der Waals surface area (Å²) >= 11 is 0. The fourth-order valence-electron chi connectivity index (χ4n) is 4.20. The Morgan fingerprint density at radius 3 is 2.74 bits per heavy atom. The van der Waals surface area contributed by atoms with Crippen LogP contribution in [0.15, 0.2) is 59.2 Å². The molecule has 3 heterocycles. The lowest BCUT2D eigenvalue weighted by molar-refractivity contribution is 0.227. The third-order valence-corrected chi connectivity index (χ3v) is 6.38. The van der Waals surface area contributed by atoms with E-state index in [1.54, 1.807) is 18.7 Å². The second-order valence-electron chi connectivity index (χ2n) is 8.82. The Labute approximate surface area is 199 Å². The molecule has 1 atom stereocenters. The molecule has 1 aliphatic rings. The van der Waals surface area contributed by atoms with Crippen LogP contribution in [0.25, 0.3) is 22.6 Å². The summed E-state index contributed by atoms with van der Waals surface area (Å²) in [6.07, 6.45) is 6.68. The molecule has 0 aliphatic carbocycles. The average molecular weight is 475 g/mol. The Morgan fingerprint density at radius 1 is 1.12 bits per heavy atom. The smallest absolute Gasteiger partial charge is 0.188 e. The van der Waals surface area contributed by atoms with Crippen LogP contribution in [0.3, 0.4) is 0 Å². The van der Waals surface area contributed by atoms with Crippen LogP contribution < -0.4 is 10.5 Å². The van der Waals surface area contributed by atoms with Gasteiger partial charge in [0.05, 0.1) is 11.4 Å². The number of hydrogen-bond donors (Lipinski definition) is 1. The first-order valence-corrected chi connectivity index (χ1v) is 13.2. The molecule has 0 amide bonds. The van der Waals surface area contributed by atoms with Crippen molar-refractivity contribution in [1.82, 2.24) is 19.7 Å². The number of anilines is 1. The van der Waals surface area contributed by atoms with E-state index < -0.39 is 9.73 Å². The lowest BCUT2D eigenvalue weighted by atomic mass is 9.98. The molecule has 174 valence electrons. The summed E-state index contributed by atoms with van der Waals surface area (Å²) in [5, 5.41) is 8.52. The maximum Gasteiger partial charge on any atom is 0.188 e. The second-order valence-corrected chi connectivity index (χ2v) is 11.4. The second kappa shape index (κ2) is 8.25. The van der Waals surface area contributed by atoms with E-state index in [2.05, 4.69) is 49.2 Å². The van der Waals surface area contributed by atoms with Gasteiger partial charge in [-0.25, -0.2) is 9.19 Å². The van der Waals surface area contributed by atoms with Gasteiger partial charge in [-0.2, -0.15) is 4.36 Å². The summed E-state index contributed by atoms with van der Waals surface area (Å²) in [6, 6.07) is 13.8. The van der Waals surface area contributed by atoms with Gasteiger partial charge in [0.25, 0.3) is 0 Å². The van der Waals surface area contributed by atoms with E-state index in [0.29, 0.717) is 23.7 Å². The molecule has 0 unspecified atom stereocenters. The molecule has 0 fully saturated rings. The lowest BCUT2D eigenvalue weighted by Crippen LogP contribution is -2.11. The molecule has 8 nitrogen and oxygen atoms in total. The van der Waals surface area contributed by atoms with E-state index in [4.69, 9.17) is 10.5 Å². The van der Waals surface area contributed by atoms with E-state index in [9.17, 15) is 4.21 Å². The molecule has 4 aromatic rings. The van der Waals surface area contributed by atoms with Crippen molar-refractivity contribution in [3.63, 3.8) is 0 Å². The lowest BCUT2D eigenvalue weighted by Gasteiger charge is -2.22. The maximum absolute atomic E-state index is 12.3. The molecule has 2 bridgehead atoms. The van der Waals surface area contributed by atoms with Gasteiger partial charge in [-0.1, -0.05) is 29.8 Å². The highest BCUT2D eigenvalue weighted by Crippen LogP contribution is 2.37. The third kappa shape index (κ3) is 4.26. The largest absolute Gasteiger partial charge is 0.482 e. The van der Waals surface area contributed by atoms with Gasteiger partial charge < -0.3 is 15.0 Å². The summed E-state index contributed by atoms with van der Waals surface area (Å²) in [7, 11) is -2.33. The zero-order chi connectivity index (χ0) is 24.0. The van der Waals surface area contributed by atoms with Gasteiger partial charge in [0.1, 0.15) is 11.9 Å². The van der Waals surface area contributed by atoms with Crippen LogP contribution in [-0.2, 0) is 16.3 Å². The van der Waals surface area contributed by atoms with Crippen LogP contribution in [0.5, 0.6) is 5.75 Å². The molecule has 0 saturated heterocycles. The molecule has 5 rings (SSSR count). The van der Waals surface area contributed by atoms with Crippen molar-refractivity contribution >= 4 is 21.2 Å². The maximum atomic E-state index is 12.3. The molecule has 0 radical (unpaired) electrons. The summed E-state index contributed by atoms with van der Waals surface area (Å²) < 4.78 is 25.1. The number of imidazole rings is 1. The Hall–Kier alpha value is -3.72. The van der Waals surface area contributed by atoms with Crippen molar-refractivity contribution in [2.24, 2.45) is 4.36 Å². The van der Waals surface area contributed by atoms with Crippen molar-refractivity contribution in [1.29, 1.82) is 0 Å². The van der Waals surface area contributed by atoms with Gasteiger partial charge in [-0.05, 0) is 31.5 Å². The summed E-state index contributed by atoms with van der Waals surface area (Å²) in [5.41, 5.74) is 12.3. The van der Waals surface area contributed by atoms with Crippen molar-refractivity contribution in [3.05, 3.63) is 71.5 Å². The van der Waals surface area contributed by atoms with Gasteiger partial charge in [0, 0.05) is 63.9 Å². The first-order valence-electron chi connectivity index (χ1n) is 10.9. The standard InChI is InChI=1S/C25H26N6O2S/c1-15-5-8-19-20(11-15)16(2)33-23-13-22(28-29-24(23)26)21-12-18(30-34(3,4)32)7-6-17(21)14-31-10-9-27-25(19)31/h5-13,16H,14H2,1-4H3,(H2,26,29)/t16-/m1/s1.